The Morgan fingerprint density at radius 3 is 2.52 bits per heavy atom. The monoisotopic (exact) mass is 316 g/mol. The number of hydrogen-bond donors (Lipinski definition) is 2. The van der Waals surface area contributed by atoms with Crippen molar-refractivity contribution in [3.63, 3.8) is 0 Å². The van der Waals surface area contributed by atoms with Gasteiger partial charge in [-0.25, -0.2) is 13.2 Å². The van der Waals surface area contributed by atoms with Gasteiger partial charge in [0.05, 0.1) is 25.0 Å². The second kappa shape index (κ2) is 7.04. The van der Waals surface area contributed by atoms with Crippen molar-refractivity contribution in [3.8, 4) is 0 Å². The van der Waals surface area contributed by atoms with Crippen molar-refractivity contribution >= 4 is 27.6 Å². The minimum absolute atomic E-state index is 0.124. The fourth-order valence-electron chi connectivity index (χ4n) is 1.48. The van der Waals surface area contributed by atoms with Crippen LogP contribution >= 0.6 is 0 Å². The van der Waals surface area contributed by atoms with Crippen LogP contribution in [-0.2, 0) is 24.3 Å². The van der Waals surface area contributed by atoms with Crippen molar-refractivity contribution in [2.24, 2.45) is 0 Å². The molecule has 0 radical (unpaired) electrons. The summed E-state index contributed by atoms with van der Waals surface area (Å²) in [5, 5.41) is 0. The Kier molecular flexibility index (Phi) is 5.68. The van der Waals surface area contributed by atoms with Crippen LogP contribution in [0.1, 0.15) is 17.3 Å². The fourth-order valence-corrected chi connectivity index (χ4v) is 2.56. The van der Waals surface area contributed by atoms with Crippen LogP contribution in [0, 0.1) is 0 Å². The number of sulfonamides is 1. The Morgan fingerprint density at radius 2 is 2.00 bits per heavy atom. The van der Waals surface area contributed by atoms with Gasteiger partial charge in [0.15, 0.2) is 0 Å². The number of carbonyl (C=O) groups is 2. The van der Waals surface area contributed by atoms with Gasteiger partial charge in [0, 0.05) is 0 Å². The average Bonchev–Trinajstić information content (AvgIpc) is 2.44. The van der Waals surface area contributed by atoms with Gasteiger partial charge in [0.25, 0.3) is 0 Å². The number of rotatable bonds is 6. The third-order valence-electron chi connectivity index (χ3n) is 2.43. The molecule has 0 atom stereocenters. The van der Waals surface area contributed by atoms with E-state index >= 15 is 0 Å². The number of hydrogen-bond acceptors (Lipinski definition) is 7. The van der Waals surface area contributed by atoms with Crippen LogP contribution in [0.4, 0.5) is 5.69 Å². The summed E-state index contributed by atoms with van der Waals surface area (Å²) in [6, 6.07) is 3.61. The maximum atomic E-state index is 12.0. The lowest BCUT2D eigenvalue weighted by molar-refractivity contribution is -0.141. The van der Waals surface area contributed by atoms with Gasteiger partial charge in [-0.05, 0) is 25.1 Å². The van der Waals surface area contributed by atoms with Crippen molar-refractivity contribution in [1.82, 2.24) is 4.72 Å². The lowest BCUT2D eigenvalue weighted by atomic mass is 10.2. The molecule has 0 aliphatic carbocycles. The first-order valence-corrected chi connectivity index (χ1v) is 7.43. The third kappa shape index (κ3) is 4.43. The van der Waals surface area contributed by atoms with Crippen molar-refractivity contribution in [2.75, 3.05) is 26.0 Å². The van der Waals surface area contributed by atoms with E-state index in [-0.39, 0.29) is 22.8 Å². The average molecular weight is 316 g/mol. The number of anilines is 1. The molecule has 0 amide bonds. The number of nitrogens with one attached hydrogen (secondary N) is 1. The molecule has 3 N–H and O–H groups in total. The van der Waals surface area contributed by atoms with E-state index in [1.54, 1.807) is 6.92 Å². The van der Waals surface area contributed by atoms with Gasteiger partial charge in [-0.3, -0.25) is 4.79 Å². The highest BCUT2D eigenvalue weighted by atomic mass is 32.2. The van der Waals surface area contributed by atoms with Crippen LogP contribution < -0.4 is 10.5 Å². The summed E-state index contributed by atoms with van der Waals surface area (Å²) in [4.78, 5) is 22.2. The van der Waals surface area contributed by atoms with E-state index in [4.69, 9.17) is 5.73 Å². The smallest absolute Gasteiger partial charge is 0.337 e. The largest absolute Gasteiger partial charge is 0.465 e. The Bertz CT molecular complexity index is 641. The predicted molar refractivity (Wildman–Crippen MR) is 74.0 cm³/mol. The van der Waals surface area contributed by atoms with Crippen molar-refractivity contribution in [3.05, 3.63) is 23.8 Å². The second-order valence-corrected chi connectivity index (χ2v) is 5.61. The van der Waals surface area contributed by atoms with Crippen molar-refractivity contribution in [1.29, 1.82) is 0 Å². The molecule has 0 saturated carbocycles. The summed E-state index contributed by atoms with van der Waals surface area (Å²) in [7, 11) is -2.78. The van der Waals surface area contributed by atoms with E-state index in [9.17, 15) is 18.0 Å². The summed E-state index contributed by atoms with van der Waals surface area (Å²) in [5.74, 6) is -1.34. The molecule has 116 valence electrons. The first kappa shape index (κ1) is 16.9. The summed E-state index contributed by atoms with van der Waals surface area (Å²) in [6.07, 6.45) is 0. The SMILES string of the molecule is CCOC(=O)CNS(=O)(=O)c1ccc(C(=O)OC)cc1N. The van der Waals surface area contributed by atoms with Crippen LogP contribution in [-0.4, -0.2) is 40.6 Å². The van der Waals surface area contributed by atoms with Crippen molar-refractivity contribution in [2.45, 2.75) is 11.8 Å². The summed E-state index contributed by atoms with van der Waals surface area (Å²) in [6.45, 7) is 1.25. The topological polar surface area (TPSA) is 125 Å². The highest BCUT2D eigenvalue weighted by molar-refractivity contribution is 7.89. The maximum absolute atomic E-state index is 12.0. The van der Waals surface area contributed by atoms with E-state index < -0.39 is 28.5 Å². The minimum atomic E-state index is -3.98. The van der Waals surface area contributed by atoms with E-state index in [1.165, 1.54) is 19.2 Å². The summed E-state index contributed by atoms with van der Waals surface area (Å²) >= 11 is 0. The predicted octanol–water partition coefficient (Wildman–Crippen LogP) is -0.103. The summed E-state index contributed by atoms with van der Waals surface area (Å²) < 4.78 is 35.2. The Balaban J connectivity index is 2.94. The van der Waals surface area contributed by atoms with Gasteiger partial charge in [0.2, 0.25) is 10.0 Å². The molecule has 9 heteroatoms. The molecule has 1 rings (SSSR count). The Hall–Kier alpha value is -2.13. The standard InChI is InChI=1S/C12H16N2O6S/c1-3-20-11(15)7-14-21(17,18)10-5-4-8(6-9(10)13)12(16)19-2/h4-6,14H,3,7,13H2,1-2H3. The van der Waals surface area contributed by atoms with E-state index in [0.717, 1.165) is 6.07 Å². The van der Waals surface area contributed by atoms with Crippen LogP contribution in [0.2, 0.25) is 0 Å². The third-order valence-corrected chi connectivity index (χ3v) is 3.91. The Morgan fingerprint density at radius 1 is 1.33 bits per heavy atom. The number of methoxy groups -OCH3 is 1. The van der Waals surface area contributed by atoms with Gasteiger partial charge in [-0.1, -0.05) is 0 Å². The number of nitrogen functional groups attached to an aromatic ring is 1. The number of benzene rings is 1. The van der Waals surface area contributed by atoms with Crippen LogP contribution in [0.15, 0.2) is 23.1 Å². The van der Waals surface area contributed by atoms with Gasteiger partial charge in [0.1, 0.15) is 11.4 Å². The molecule has 0 fully saturated rings. The number of ether oxygens (including phenoxy) is 2. The molecule has 1 aromatic carbocycles. The molecule has 0 heterocycles. The number of carbonyl (C=O) groups excluding carboxylic acids is 2. The highest BCUT2D eigenvalue weighted by Gasteiger charge is 2.20. The molecule has 0 saturated heterocycles. The molecule has 8 nitrogen and oxygen atoms in total. The number of esters is 2. The fraction of sp³-hybridized carbons (Fsp3) is 0.333. The second-order valence-electron chi connectivity index (χ2n) is 3.87. The van der Waals surface area contributed by atoms with Crippen LogP contribution in [0.3, 0.4) is 0 Å². The van der Waals surface area contributed by atoms with Crippen molar-refractivity contribution < 1.29 is 27.5 Å². The molecule has 0 aliphatic heterocycles. The van der Waals surface area contributed by atoms with Gasteiger partial charge < -0.3 is 15.2 Å². The van der Waals surface area contributed by atoms with Gasteiger partial charge in [-0.15, -0.1) is 0 Å². The molecular weight excluding hydrogens is 300 g/mol. The lowest BCUT2D eigenvalue weighted by Gasteiger charge is -2.09. The first-order valence-electron chi connectivity index (χ1n) is 5.95. The zero-order valence-electron chi connectivity index (χ0n) is 11.6. The highest BCUT2D eigenvalue weighted by Crippen LogP contribution is 2.20. The molecular formula is C12H16N2O6S. The first-order chi connectivity index (χ1) is 9.81. The minimum Gasteiger partial charge on any atom is -0.465 e. The van der Waals surface area contributed by atoms with Gasteiger partial charge >= 0.3 is 11.9 Å². The molecule has 0 aromatic heterocycles. The Labute approximate surface area is 122 Å². The number of nitrogens with two attached hydrogens (primary N) is 1. The normalized spacial score (nSPS) is 11.0. The van der Waals surface area contributed by atoms with Crippen LogP contribution in [0.5, 0.6) is 0 Å². The molecule has 0 bridgehead atoms. The van der Waals surface area contributed by atoms with E-state index in [2.05, 4.69) is 14.2 Å². The van der Waals surface area contributed by atoms with E-state index in [1.807, 2.05) is 0 Å². The zero-order chi connectivity index (χ0) is 16.0. The molecule has 0 unspecified atom stereocenters. The molecule has 21 heavy (non-hydrogen) atoms. The zero-order valence-corrected chi connectivity index (χ0v) is 12.4. The summed E-state index contributed by atoms with van der Waals surface area (Å²) in [5.41, 5.74) is 5.62. The van der Waals surface area contributed by atoms with E-state index in [0.29, 0.717) is 0 Å². The van der Waals surface area contributed by atoms with Gasteiger partial charge in [-0.2, -0.15) is 4.72 Å². The molecule has 1 aromatic rings. The van der Waals surface area contributed by atoms with Crippen LogP contribution in [0.25, 0.3) is 0 Å². The maximum Gasteiger partial charge on any atom is 0.337 e. The lowest BCUT2D eigenvalue weighted by Crippen LogP contribution is -2.31. The quantitative estimate of drug-likeness (QED) is 0.554. The molecule has 0 spiro atoms. The molecule has 0 aliphatic rings.